The van der Waals surface area contributed by atoms with Crippen LogP contribution in [0.3, 0.4) is 0 Å². The van der Waals surface area contributed by atoms with Crippen molar-refractivity contribution in [3.63, 3.8) is 0 Å². The summed E-state index contributed by atoms with van der Waals surface area (Å²) in [7, 11) is -1.42. The number of carbonyl (C=O) groups is 1. The van der Waals surface area contributed by atoms with Crippen LogP contribution in [0.15, 0.2) is 23.1 Å². The molecule has 26 heavy (non-hydrogen) atoms. The molecule has 0 bridgehead atoms. The Morgan fingerprint density at radius 1 is 1.08 bits per heavy atom. The highest BCUT2D eigenvalue weighted by molar-refractivity contribution is 7.89. The van der Waals surface area contributed by atoms with Crippen LogP contribution in [0.1, 0.15) is 35.2 Å². The van der Waals surface area contributed by atoms with Crippen LogP contribution >= 0.6 is 0 Å². The normalized spacial score (nSPS) is 20.8. The standard InChI is InChI=1S/C18H28N4O3S/c1-15-6-7-16(18(23)19-21-12-10-20(2)11-13-21)14-17(15)26(24,25)22-8-4-3-5-9-22/h6-7,14H,3-5,8-13H2,1-2H3,(H,19,23)/p+1. The molecule has 1 amide bonds. The zero-order valence-electron chi connectivity index (χ0n) is 15.6. The lowest BCUT2D eigenvalue weighted by Gasteiger charge is -2.30. The number of benzene rings is 1. The molecule has 3 rings (SSSR count). The highest BCUT2D eigenvalue weighted by atomic mass is 32.2. The van der Waals surface area contributed by atoms with Gasteiger partial charge in [0.1, 0.15) is 0 Å². The number of nitrogens with one attached hydrogen (secondary N) is 2. The summed E-state index contributed by atoms with van der Waals surface area (Å²) in [6.45, 7) is 6.43. The first-order valence-corrected chi connectivity index (χ1v) is 10.8. The number of amides is 1. The van der Waals surface area contributed by atoms with E-state index in [2.05, 4.69) is 12.5 Å². The molecule has 2 fully saturated rings. The van der Waals surface area contributed by atoms with Gasteiger partial charge in [-0.2, -0.15) is 4.31 Å². The summed E-state index contributed by atoms with van der Waals surface area (Å²) < 4.78 is 27.5. The second kappa shape index (κ2) is 8.04. The minimum atomic E-state index is -3.55. The average molecular weight is 382 g/mol. The molecule has 0 radical (unpaired) electrons. The highest BCUT2D eigenvalue weighted by Crippen LogP contribution is 2.24. The number of piperidine rings is 1. The largest absolute Gasteiger partial charge is 0.335 e. The second-order valence-corrected chi connectivity index (χ2v) is 9.24. The number of hydrogen-bond acceptors (Lipinski definition) is 4. The van der Waals surface area contributed by atoms with Crippen molar-refractivity contribution in [3.05, 3.63) is 29.3 Å². The molecule has 0 aromatic heterocycles. The number of likely N-dealkylation sites (N-methyl/N-ethyl adjacent to an activating group) is 1. The Morgan fingerprint density at radius 2 is 1.73 bits per heavy atom. The van der Waals surface area contributed by atoms with E-state index in [0.717, 1.165) is 45.4 Å². The van der Waals surface area contributed by atoms with Crippen LogP contribution in [-0.2, 0) is 10.0 Å². The van der Waals surface area contributed by atoms with Gasteiger partial charge in [-0.05, 0) is 37.5 Å². The number of quaternary nitrogens is 1. The Balaban J connectivity index is 1.77. The zero-order valence-corrected chi connectivity index (χ0v) is 16.4. The molecular weight excluding hydrogens is 352 g/mol. The van der Waals surface area contributed by atoms with Crippen molar-refractivity contribution in [1.29, 1.82) is 0 Å². The van der Waals surface area contributed by atoms with Crippen LogP contribution in [0.5, 0.6) is 0 Å². The van der Waals surface area contributed by atoms with E-state index in [1.165, 1.54) is 11.0 Å². The SMILES string of the molecule is Cc1ccc(C(=O)NN2CC[NH+](C)CC2)cc1S(=O)(=O)N1CCCCC1. The van der Waals surface area contributed by atoms with E-state index in [9.17, 15) is 13.2 Å². The number of piperazine rings is 1. The fraction of sp³-hybridized carbons (Fsp3) is 0.611. The second-order valence-electron chi connectivity index (χ2n) is 7.33. The van der Waals surface area contributed by atoms with Crippen molar-refractivity contribution in [2.75, 3.05) is 46.3 Å². The van der Waals surface area contributed by atoms with E-state index < -0.39 is 10.0 Å². The van der Waals surface area contributed by atoms with Crippen LogP contribution in [0.4, 0.5) is 0 Å². The average Bonchev–Trinajstić information content (AvgIpc) is 2.64. The van der Waals surface area contributed by atoms with Crippen LogP contribution in [0, 0.1) is 6.92 Å². The summed E-state index contributed by atoms with van der Waals surface area (Å²) in [5, 5.41) is 1.91. The summed E-state index contributed by atoms with van der Waals surface area (Å²) in [5.74, 6) is -0.250. The van der Waals surface area contributed by atoms with Crippen molar-refractivity contribution in [2.45, 2.75) is 31.1 Å². The molecule has 2 aliphatic rings. The third-order valence-electron chi connectivity index (χ3n) is 5.26. The molecular formula is C18H29N4O3S+. The summed E-state index contributed by atoms with van der Waals surface area (Å²) in [6.07, 6.45) is 2.86. The number of aryl methyl sites for hydroxylation is 1. The molecule has 7 nitrogen and oxygen atoms in total. The van der Waals surface area contributed by atoms with Crippen molar-refractivity contribution in [3.8, 4) is 0 Å². The predicted octanol–water partition coefficient (Wildman–Crippen LogP) is -0.355. The number of hydrogen-bond donors (Lipinski definition) is 2. The minimum absolute atomic E-state index is 0.245. The van der Waals surface area contributed by atoms with Gasteiger partial charge in [-0.3, -0.25) is 10.2 Å². The number of hydrazine groups is 1. The third-order valence-corrected chi connectivity index (χ3v) is 7.30. The monoisotopic (exact) mass is 381 g/mol. The van der Waals surface area contributed by atoms with Gasteiger partial charge < -0.3 is 4.90 Å². The lowest BCUT2D eigenvalue weighted by molar-refractivity contribution is -0.884. The van der Waals surface area contributed by atoms with Gasteiger partial charge in [-0.15, -0.1) is 0 Å². The maximum absolute atomic E-state index is 13.0. The van der Waals surface area contributed by atoms with Crippen LogP contribution in [-0.4, -0.2) is 70.0 Å². The molecule has 1 aromatic carbocycles. The molecule has 0 atom stereocenters. The number of nitrogens with zero attached hydrogens (tertiary/aromatic N) is 2. The van der Waals surface area contributed by atoms with E-state index in [-0.39, 0.29) is 10.8 Å². The first-order chi connectivity index (χ1) is 12.4. The molecule has 2 N–H and O–H groups in total. The molecule has 0 spiro atoms. The molecule has 144 valence electrons. The Morgan fingerprint density at radius 3 is 2.38 bits per heavy atom. The Labute approximate surface area is 156 Å². The van der Waals surface area contributed by atoms with Gasteiger partial charge in [0.2, 0.25) is 10.0 Å². The van der Waals surface area contributed by atoms with Crippen molar-refractivity contribution in [2.24, 2.45) is 0 Å². The predicted molar refractivity (Wildman–Crippen MR) is 99.4 cm³/mol. The van der Waals surface area contributed by atoms with E-state index in [1.54, 1.807) is 23.4 Å². The topological polar surface area (TPSA) is 74.2 Å². The fourth-order valence-electron chi connectivity index (χ4n) is 3.47. The maximum Gasteiger partial charge on any atom is 0.265 e. The van der Waals surface area contributed by atoms with Crippen LogP contribution < -0.4 is 10.3 Å². The molecule has 2 heterocycles. The van der Waals surface area contributed by atoms with Gasteiger partial charge in [-0.25, -0.2) is 13.4 Å². The van der Waals surface area contributed by atoms with Gasteiger partial charge in [0, 0.05) is 18.7 Å². The van der Waals surface area contributed by atoms with Crippen molar-refractivity contribution < 1.29 is 18.1 Å². The summed E-state index contributed by atoms with van der Waals surface area (Å²) in [5.41, 5.74) is 3.97. The van der Waals surface area contributed by atoms with E-state index in [4.69, 9.17) is 0 Å². The maximum atomic E-state index is 13.0. The number of rotatable bonds is 4. The first kappa shape index (κ1) is 19.3. The molecule has 0 unspecified atom stereocenters. The van der Waals surface area contributed by atoms with Gasteiger partial charge in [-0.1, -0.05) is 12.5 Å². The fourth-order valence-corrected chi connectivity index (χ4v) is 5.24. The van der Waals surface area contributed by atoms with Gasteiger partial charge >= 0.3 is 0 Å². The summed E-state index contributed by atoms with van der Waals surface area (Å²) >= 11 is 0. The van der Waals surface area contributed by atoms with E-state index in [0.29, 0.717) is 24.2 Å². The lowest BCUT2D eigenvalue weighted by Crippen LogP contribution is -3.12. The molecule has 2 aliphatic heterocycles. The van der Waals surface area contributed by atoms with Gasteiger partial charge in [0.25, 0.3) is 5.91 Å². The first-order valence-electron chi connectivity index (χ1n) is 9.36. The highest BCUT2D eigenvalue weighted by Gasteiger charge is 2.28. The Hall–Kier alpha value is -1.48. The number of carbonyl (C=O) groups excluding carboxylic acids is 1. The molecule has 0 saturated carbocycles. The quantitative estimate of drug-likeness (QED) is 0.747. The van der Waals surface area contributed by atoms with Crippen molar-refractivity contribution >= 4 is 15.9 Å². The Bertz CT molecular complexity index is 752. The smallest absolute Gasteiger partial charge is 0.265 e. The van der Waals surface area contributed by atoms with E-state index >= 15 is 0 Å². The lowest BCUT2D eigenvalue weighted by atomic mass is 10.1. The van der Waals surface area contributed by atoms with Crippen LogP contribution in [0.25, 0.3) is 0 Å². The van der Waals surface area contributed by atoms with Gasteiger partial charge in [0.05, 0.1) is 38.1 Å². The Kier molecular flexibility index (Phi) is 5.96. The molecule has 8 heteroatoms. The molecule has 0 aliphatic carbocycles. The van der Waals surface area contributed by atoms with Gasteiger partial charge in [0.15, 0.2) is 0 Å². The molecule has 1 aromatic rings. The number of sulfonamides is 1. The van der Waals surface area contributed by atoms with Crippen molar-refractivity contribution in [1.82, 2.24) is 14.7 Å². The summed E-state index contributed by atoms with van der Waals surface area (Å²) in [4.78, 5) is 14.3. The summed E-state index contributed by atoms with van der Waals surface area (Å²) in [6, 6.07) is 4.94. The van der Waals surface area contributed by atoms with Crippen LogP contribution in [0.2, 0.25) is 0 Å². The third kappa shape index (κ3) is 4.25. The zero-order chi connectivity index (χ0) is 18.7. The minimum Gasteiger partial charge on any atom is -0.335 e. The molecule has 2 saturated heterocycles. The van der Waals surface area contributed by atoms with E-state index in [1.807, 2.05) is 5.01 Å².